The SMILES string of the molecule is CCc1cc(OC)c(F)c([C@@H](Nc2ccc3c(N)nccc3c2)C(=O)N2CCC[C@@H]2c2cc(N(C)C(=O)O)ccc2S(=O)(=O)CC)c1. The van der Waals surface area contributed by atoms with Crippen molar-refractivity contribution in [2.24, 2.45) is 0 Å². The van der Waals surface area contributed by atoms with Gasteiger partial charge in [0.15, 0.2) is 21.4 Å². The van der Waals surface area contributed by atoms with Crippen LogP contribution in [-0.2, 0) is 21.1 Å². The third-order valence-electron chi connectivity index (χ3n) is 8.70. The number of hydrogen-bond donors (Lipinski definition) is 3. The second kappa shape index (κ2) is 13.4. The Labute approximate surface area is 273 Å². The van der Waals surface area contributed by atoms with Gasteiger partial charge in [-0.3, -0.25) is 9.69 Å². The number of carbonyl (C=O) groups excluding carboxylic acids is 1. The molecule has 1 aliphatic rings. The van der Waals surface area contributed by atoms with Crippen LogP contribution in [0.4, 0.5) is 26.4 Å². The van der Waals surface area contributed by atoms with Crippen molar-refractivity contribution in [1.82, 2.24) is 9.88 Å². The molecule has 0 radical (unpaired) electrons. The maximum absolute atomic E-state index is 16.1. The van der Waals surface area contributed by atoms with Gasteiger partial charge in [-0.05, 0) is 84.3 Å². The number of nitrogens with two attached hydrogens (primary N) is 1. The third kappa shape index (κ3) is 6.53. The molecule has 1 fully saturated rings. The molecule has 4 N–H and O–H groups in total. The van der Waals surface area contributed by atoms with Gasteiger partial charge in [0.05, 0.1) is 23.8 Å². The number of carboxylic acid groups (broad SMARTS) is 1. The monoisotopic (exact) mass is 663 g/mol. The van der Waals surface area contributed by atoms with Crippen molar-refractivity contribution in [3.05, 3.63) is 83.3 Å². The molecule has 0 unspecified atom stereocenters. The number of nitrogens with zero attached hydrogens (tertiary/aromatic N) is 3. The second-order valence-corrected chi connectivity index (χ2v) is 13.7. The first-order chi connectivity index (χ1) is 22.4. The molecule has 3 aromatic carbocycles. The lowest BCUT2D eigenvalue weighted by Crippen LogP contribution is -2.38. The Morgan fingerprint density at radius 2 is 1.94 bits per heavy atom. The molecule has 0 bridgehead atoms. The van der Waals surface area contributed by atoms with Crippen LogP contribution in [-0.4, -0.2) is 61.9 Å². The first-order valence-electron chi connectivity index (χ1n) is 15.3. The van der Waals surface area contributed by atoms with Crippen molar-refractivity contribution in [3.63, 3.8) is 0 Å². The van der Waals surface area contributed by atoms with E-state index in [1.165, 1.54) is 39.3 Å². The van der Waals surface area contributed by atoms with Gasteiger partial charge in [-0.1, -0.05) is 19.9 Å². The molecule has 0 saturated carbocycles. The number of anilines is 3. The number of aryl methyl sites for hydroxylation is 1. The Kier molecular flexibility index (Phi) is 9.57. The maximum Gasteiger partial charge on any atom is 0.411 e. The van der Waals surface area contributed by atoms with Gasteiger partial charge in [-0.15, -0.1) is 0 Å². The topological polar surface area (TPSA) is 155 Å². The molecule has 2 amide bonds. The highest BCUT2D eigenvalue weighted by molar-refractivity contribution is 7.91. The molecule has 4 aromatic rings. The van der Waals surface area contributed by atoms with Crippen LogP contribution < -0.4 is 20.7 Å². The normalized spacial score (nSPS) is 15.4. The lowest BCUT2D eigenvalue weighted by atomic mass is 9.98. The standard InChI is InChI=1S/C34H38FN5O6S/c1-5-20-16-26(30(35)28(17-20)46-4)31(38-22-9-11-24-21(18-22)13-14-37-32(24)36)33(41)40-15-7-8-27(40)25-19-23(39(3)34(42)43)10-12-29(25)47(44,45)6-2/h9-14,16-19,27,31,38H,5-8,15H2,1-4H3,(H2,36,37)(H,42,43)/t27-,31-/m1/s1. The van der Waals surface area contributed by atoms with Gasteiger partial charge in [0.1, 0.15) is 11.9 Å². The first-order valence-corrected chi connectivity index (χ1v) is 17.0. The number of rotatable bonds is 10. The summed E-state index contributed by atoms with van der Waals surface area (Å²) < 4.78 is 48.0. The van der Waals surface area contributed by atoms with Gasteiger partial charge in [0.2, 0.25) is 5.91 Å². The number of halogens is 1. The van der Waals surface area contributed by atoms with Crippen molar-refractivity contribution in [2.45, 2.75) is 50.1 Å². The number of nitrogens with one attached hydrogen (secondary N) is 1. The molecule has 2 heterocycles. The summed E-state index contributed by atoms with van der Waals surface area (Å²) in [6.07, 6.45) is 1.89. The number of aromatic nitrogens is 1. The summed E-state index contributed by atoms with van der Waals surface area (Å²) in [5.41, 5.74) is 7.98. The van der Waals surface area contributed by atoms with Crippen LogP contribution in [0.1, 0.15) is 55.5 Å². The molecule has 1 aromatic heterocycles. The maximum atomic E-state index is 16.1. The van der Waals surface area contributed by atoms with Crippen molar-refractivity contribution in [3.8, 4) is 5.75 Å². The van der Waals surface area contributed by atoms with Gasteiger partial charge in [-0.2, -0.15) is 0 Å². The summed E-state index contributed by atoms with van der Waals surface area (Å²) in [6.45, 7) is 3.71. The highest BCUT2D eigenvalue weighted by atomic mass is 32.2. The number of likely N-dealkylation sites (tertiary alicyclic amines) is 1. The van der Waals surface area contributed by atoms with Gasteiger partial charge < -0.3 is 25.8 Å². The lowest BCUT2D eigenvalue weighted by molar-refractivity contribution is -0.133. The highest BCUT2D eigenvalue weighted by Gasteiger charge is 2.39. The average molecular weight is 664 g/mol. The first kappa shape index (κ1) is 33.5. The quantitative estimate of drug-likeness (QED) is 0.187. The fourth-order valence-electron chi connectivity index (χ4n) is 6.05. The van der Waals surface area contributed by atoms with Crippen molar-refractivity contribution >= 4 is 49.8 Å². The minimum atomic E-state index is -3.76. The fourth-order valence-corrected chi connectivity index (χ4v) is 7.19. The smallest absolute Gasteiger partial charge is 0.411 e. The highest BCUT2D eigenvalue weighted by Crippen LogP contribution is 2.41. The van der Waals surface area contributed by atoms with Crippen LogP contribution in [0.2, 0.25) is 0 Å². The number of benzene rings is 3. The van der Waals surface area contributed by atoms with Gasteiger partial charge in [0.25, 0.3) is 0 Å². The summed E-state index contributed by atoms with van der Waals surface area (Å²) in [7, 11) is -1.04. The molecule has 248 valence electrons. The summed E-state index contributed by atoms with van der Waals surface area (Å²) in [6, 6.07) is 12.7. The van der Waals surface area contributed by atoms with Crippen LogP contribution in [0.5, 0.6) is 5.75 Å². The van der Waals surface area contributed by atoms with Crippen LogP contribution >= 0.6 is 0 Å². The lowest BCUT2D eigenvalue weighted by Gasteiger charge is -2.32. The van der Waals surface area contributed by atoms with E-state index in [1.807, 2.05) is 6.92 Å². The predicted octanol–water partition coefficient (Wildman–Crippen LogP) is 5.95. The molecule has 11 nitrogen and oxygen atoms in total. The van der Waals surface area contributed by atoms with Crippen molar-refractivity contribution in [2.75, 3.05) is 42.4 Å². The summed E-state index contributed by atoms with van der Waals surface area (Å²) in [4.78, 5) is 33.2. The Hall–Kier alpha value is -4.91. The summed E-state index contributed by atoms with van der Waals surface area (Å²) in [5.74, 6) is -1.01. The van der Waals surface area contributed by atoms with Crippen LogP contribution in [0, 0.1) is 5.82 Å². The van der Waals surface area contributed by atoms with E-state index in [9.17, 15) is 23.1 Å². The van der Waals surface area contributed by atoms with Crippen LogP contribution in [0.3, 0.4) is 0 Å². The molecule has 5 rings (SSSR count). The van der Waals surface area contributed by atoms with Gasteiger partial charge in [0, 0.05) is 42.1 Å². The number of carbonyl (C=O) groups is 2. The molecule has 2 atom stereocenters. The van der Waals surface area contributed by atoms with E-state index in [0.717, 1.165) is 21.2 Å². The minimum Gasteiger partial charge on any atom is -0.494 e. The van der Waals surface area contributed by atoms with E-state index in [2.05, 4.69) is 10.3 Å². The molecular formula is C34H38FN5O6S. The molecule has 0 aliphatic carbocycles. The third-order valence-corrected chi connectivity index (χ3v) is 10.5. The van der Waals surface area contributed by atoms with E-state index in [-0.39, 0.29) is 34.2 Å². The zero-order valence-corrected chi connectivity index (χ0v) is 27.5. The van der Waals surface area contributed by atoms with Crippen molar-refractivity contribution < 1.29 is 32.2 Å². The van der Waals surface area contributed by atoms with Crippen molar-refractivity contribution in [1.29, 1.82) is 0 Å². The number of ether oxygens (including phenoxy) is 1. The number of pyridine rings is 1. The molecule has 1 saturated heterocycles. The number of methoxy groups -OCH3 is 1. The predicted molar refractivity (Wildman–Crippen MR) is 179 cm³/mol. The zero-order valence-electron chi connectivity index (χ0n) is 26.7. The summed E-state index contributed by atoms with van der Waals surface area (Å²) in [5, 5.41) is 14.4. The molecule has 0 spiro atoms. The van der Waals surface area contributed by atoms with Crippen LogP contribution in [0.15, 0.2) is 65.7 Å². The Balaban J connectivity index is 1.65. The summed E-state index contributed by atoms with van der Waals surface area (Å²) >= 11 is 0. The Morgan fingerprint density at radius 3 is 2.62 bits per heavy atom. The molecule has 13 heteroatoms. The molecule has 47 heavy (non-hydrogen) atoms. The Morgan fingerprint density at radius 1 is 1.17 bits per heavy atom. The zero-order chi connectivity index (χ0) is 34.0. The van der Waals surface area contributed by atoms with Crippen LogP contribution in [0.25, 0.3) is 10.8 Å². The molecule has 1 aliphatic heterocycles. The second-order valence-electron chi connectivity index (χ2n) is 11.4. The Bertz CT molecular complexity index is 1950. The van der Waals surface area contributed by atoms with E-state index >= 15 is 4.39 Å². The van der Waals surface area contributed by atoms with Gasteiger partial charge >= 0.3 is 6.09 Å². The molecular weight excluding hydrogens is 625 g/mol. The van der Waals surface area contributed by atoms with Gasteiger partial charge in [-0.25, -0.2) is 22.6 Å². The number of nitrogen functional groups attached to an aromatic ring is 1. The number of fused-ring (bicyclic) bond motifs is 1. The average Bonchev–Trinajstić information content (AvgIpc) is 3.56. The van der Waals surface area contributed by atoms with E-state index in [1.54, 1.807) is 47.5 Å². The number of hydrogen-bond acceptors (Lipinski definition) is 8. The van der Waals surface area contributed by atoms with E-state index in [4.69, 9.17) is 10.5 Å². The fraction of sp³-hybridized carbons (Fsp3) is 0.324. The minimum absolute atomic E-state index is 0.00462. The number of amides is 2. The van der Waals surface area contributed by atoms with E-state index < -0.39 is 39.7 Å². The van der Waals surface area contributed by atoms with E-state index in [0.29, 0.717) is 36.3 Å². The number of sulfone groups is 1. The largest absolute Gasteiger partial charge is 0.494 e.